The summed E-state index contributed by atoms with van der Waals surface area (Å²) in [7, 11) is 1.64. The topological polar surface area (TPSA) is 77.2 Å². The molecule has 1 aromatic rings. The summed E-state index contributed by atoms with van der Waals surface area (Å²) in [5.74, 6) is -0.496. The summed E-state index contributed by atoms with van der Waals surface area (Å²) in [5, 5.41) is 18.2. The summed E-state index contributed by atoms with van der Waals surface area (Å²) in [6.07, 6.45) is 2.03. The van der Waals surface area contributed by atoms with Crippen LogP contribution in [0.25, 0.3) is 0 Å². The summed E-state index contributed by atoms with van der Waals surface area (Å²) in [6.45, 7) is 3.59. The number of hydrogen-bond donors (Lipinski definition) is 1. The minimum absolute atomic E-state index is 0.418. The molecular weight excluding hydrogens is 218 g/mol. The van der Waals surface area contributed by atoms with Crippen LogP contribution in [0.4, 0.5) is 5.82 Å². The Morgan fingerprint density at radius 2 is 2.35 bits per heavy atom. The van der Waals surface area contributed by atoms with Crippen LogP contribution in [0, 0.1) is 18.3 Å². The van der Waals surface area contributed by atoms with Gasteiger partial charge >= 0.3 is 5.97 Å². The molecule has 0 saturated carbocycles. The molecule has 0 bridgehead atoms. The van der Waals surface area contributed by atoms with Crippen LogP contribution in [-0.4, -0.2) is 29.1 Å². The first-order valence-electron chi connectivity index (χ1n) is 5.34. The highest BCUT2D eigenvalue weighted by Crippen LogP contribution is 2.21. The summed E-state index contributed by atoms with van der Waals surface area (Å²) in [5.41, 5.74) is 1.22. The zero-order chi connectivity index (χ0) is 13.0. The Balaban J connectivity index is 3.21. The van der Waals surface area contributed by atoms with Gasteiger partial charge in [0.25, 0.3) is 0 Å². The zero-order valence-corrected chi connectivity index (χ0v) is 10.1. The molecule has 0 fully saturated rings. The lowest BCUT2D eigenvalue weighted by Gasteiger charge is -2.25. The Hall–Kier alpha value is -2.09. The van der Waals surface area contributed by atoms with Gasteiger partial charge in [-0.2, -0.15) is 5.26 Å². The smallest absolute Gasteiger partial charge is 0.326 e. The van der Waals surface area contributed by atoms with Crippen LogP contribution in [0.2, 0.25) is 0 Å². The van der Waals surface area contributed by atoms with Crippen molar-refractivity contribution in [2.24, 2.45) is 0 Å². The number of likely N-dealkylation sites (N-methyl/N-ethyl adjacent to an activating group) is 1. The van der Waals surface area contributed by atoms with Crippen LogP contribution >= 0.6 is 0 Å². The van der Waals surface area contributed by atoms with Crippen LogP contribution in [0.3, 0.4) is 0 Å². The second kappa shape index (κ2) is 5.30. The number of carboxylic acid groups (broad SMARTS) is 1. The Morgan fingerprint density at radius 3 is 2.82 bits per heavy atom. The molecule has 1 heterocycles. The Bertz CT molecular complexity index is 465. The van der Waals surface area contributed by atoms with Crippen molar-refractivity contribution in [1.29, 1.82) is 5.26 Å². The Labute approximate surface area is 100 Å². The molecule has 1 aromatic heterocycles. The zero-order valence-electron chi connectivity index (χ0n) is 10.1. The van der Waals surface area contributed by atoms with Crippen LogP contribution in [-0.2, 0) is 4.79 Å². The third kappa shape index (κ3) is 2.53. The van der Waals surface area contributed by atoms with Gasteiger partial charge in [0.05, 0.1) is 5.56 Å². The van der Waals surface area contributed by atoms with Gasteiger partial charge in [-0.05, 0) is 25.0 Å². The Kier molecular flexibility index (Phi) is 4.05. The monoisotopic (exact) mass is 233 g/mol. The fourth-order valence-electron chi connectivity index (χ4n) is 1.71. The highest BCUT2D eigenvalue weighted by Gasteiger charge is 2.24. The van der Waals surface area contributed by atoms with Crippen molar-refractivity contribution in [2.75, 3.05) is 11.9 Å². The van der Waals surface area contributed by atoms with Gasteiger partial charge in [0.15, 0.2) is 0 Å². The maximum absolute atomic E-state index is 11.1. The second-order valence-corrected chi connectivity index (χ2v) is 3.81. The second-order valence-electron chi connectivity index (χ2n) is 3.81. The lowest BCUT2D eigenvalue weighted by atomic mass is 10.1. The van der Waals surface area contributed by atoms with E-state index in [9.17, 15) is 4.79 Å². The summed E-state index contributed by atoms with van der Waals surface area (Å²) >= 11 is 0. The number of nitrogens with zero attached hydrogens (tertiary/aromatic N) is 3. The SMILES string of the molecule is CCC(C(=O)O)N(C)c1nccc(C)c1C#N. The van der Waals surface area contributed by atoms with Crippen molar-refractivity contribution in [3.05, 3.63) is 23.4 Å². The maximum Gasteiger partial charge on any atom is 0.326 e. The van der Waals surface area contributed by atoms with Crippen LogP contribution < -0.4 is 4.90 Å². The number of hydrogen-bond acceptors (Lipinski definition) is 4. The third-order valence-corrected chi connectivity index (χ3v) is 2.72. The molecule has 5 heteroatoms. The lowest BCUT2D eigenvalue weighted by Crippen LogP contribution is -2.39. The van der Waals surface area contributed by atoms with Gasteiger partial charge in [0, 0.05) is 13.2 Å². The van der Waals surface area contributed by atoms with E-state index in [0.29, 0.717) is 17.8 Å². The van der Waals surface area contributed by atoms with Crippen LogP contribution in [0.1, 0.15) is 24.5 Å². The number of aromatic nitrogens is 1. The van der Waals surface area contributed by atoms with E-state index in [1.807, 2.05) is 0 Å². The highest BCUT2D eigenvalue weighted by molar-refractivity contribution is 5.78. The van der Waals surface area contributed by atoms with Gasteiger partial charge in [0.2, 0.25) is 0 Å². The molecular formula is C12H15N3O2. The molecule has 1 N–H and O–H groups in total. The number of rotatable bonds is 4. The molecule has 0 amide bonds. The van der Waals surface area contributed by atoms with E-state index in [4.69, 9.17) is 10.4 Å². The fourth-order valence-corrected chi connectivity index (χ4v) is 1.71. The van der Waals surface area contributed by atoms with Crippen LogP contribution in [0.5, 0.6) is 0 Å². The number of pyridine rings is 1. The van der Waals surface area contributed by atoms with Gasteiger partial charge in [-0.1, -0.05) is 6.92 Å². The van der Waals surface area contributed by atoms with Crippen molar-refractivity contribution in [3.8, 4) is 6.07 Å². The van der Waals surface area contributed by atoms with E-state index in [1.54, 1.807) is 33.2 Å². The van der Waals surface area contributed by atoms with Gasteiger partial charge in [0.1, 0.15) is 17.9 Å². The average Bonchev–Trinajstić information content (AvgIpc) is 2.28. The predicted molar refractivity (Wildman–Crippen MR) is 63.8 cm³/mol. The van der Waals surface area contributed by atoms with Crippen molar-refractivity contribution in [2.45, 2.75) is 26.3 Å². The van der Waals surface area contributed by atoms with Crippen molar-refractivity contribution in [3.63, 3.8) is 0 Å². The molecule has 0 radical (unpaired) electrons. The quantitative estimate of drug-likeness (QED) is 0.853. The van der Waals surface area contributed by atoms with E-state index in [1.165, 1.54) is 4.90 Å². The number of aliphatic carboxylic acids is 1. The summed E-state index contributed by atoms with van der Waals surface area (Å²) < 4.78 is 0. The summed E-state index contributed by atoms with van der Waals surface area (Å²) in [6, 6.07) is 3.13. The molecule has 0 aliphatic rings. The van der Waals surface area contributed by atoms with E-state index >= 15 is 0 Å². The minimum atomic E-state index is -0.915. The van der Waals surface area contributed by atoms with Gasteiger partial charge < -0.3 is 10.0 Å². The molecule has 0 spiro atoms. The van der Waals surface area contributed by atoms with Gasteiger partial charge in [-0.25, -0.2) is 9.78 Å². The van der Waals surface area contributed by atoms with Gasteiger partial charge in [-0.3, -0.25) is 0 Å². The van der Waals surface area contributed by atoms with E-state index < -0.39 is 12.0 Å². The maximum atomic E-state index is 11.1. The first kappa shape index (κ1) is 13.0. The molecule has 1 rings (SSSR count). The molecule has 90 valence electrons. The largest absolute Gasteiger partial charge is 0.480 e. The Morgan fingerprint density at radius 1 is 1.71 bits per heavy atom. The highest BCUT2D eigenvalue weighted by atomic mass is 16.4. The first-order valence-corrected chi connectivity index (χ1v) is 5.34. The van der Waals surface area contributed by atoms with Crippen LogP contribution in [0.15, 0.2) is 12.3 Å². The molecule has 0 aromatic carbocycles. The first-order chi connectivity index (χ1) is 8.02. The number of aryl methyl sites for hydroxylation is 1. The standard InChI is InChI=1S/C12H15N3O2/c1-4-10(12(16)17)15(3)11-9(7-13)8(2)5-6-14-11/h5-6,10H,4H2,1-3H3,(H,16,17). The van der Waals surface area contributed by atoms with E-state index in [-0.39, 0.29) is 0 Å². The number of nitriles is 1. The number of carbonyl (C=O) groups is 1. The van der Waals surface area contributed by atoms with Crippen molar-refractivity contribution < 1.29 is 9.90 Å². The average molecular weight is 233 g/mol. The number of carboxylic acids is 1. The van der Waals surface area contributed by atoms with E-state index in [2.05, 4.69) is 11.1 Å². The minimum Gasteiger partial charge on any atom is -0.480 e. The lowest BCUT2D eigenvalue weighted by molar-refractivity contribution is -0.138. The normalized spacial score (nSPS) is 11.6. The summed E-state index contributed by atoms with van der Waals surface area (Å²) in [4.78, 5) is 16.7. The molecule has 17 heavy (non-hydrogen) atoms. The van der Waals surface area contributed by atoms with E-state index in [0.717, 1.165) is 5.56 Å². The molecule has 1 atom stereocenters. The number of anilines is 1. The fraction of sp³-hybridized carbons (Fsp3) is 0.417. The molecule has 0 saturated heterocycles. The van der Waals surface area contributed by atoms with Gasteiger partial charge in [-0.15, -0.1) is 0 Å². The molecule has 0 aliphatic carbocycles. The third-order valence-electron chi connectivity index (χ3n) is 2.72. The van der Waals surface area contributed by atoms with Crippen molar-refractivity contribution in [1.82, 2.24) is 4.98 Å². The molecule has 0 aliphatic heterocycles. The predicted octanol–water partition coefficient (Wildman–Crippen LogP) is 1.56. The van der Waals surface area contributed by atoms with Crippen molar-refractivity contribution >= 4 is 11.8 Å². The molecule has 5 nitrogen and oxygen atoms in total. The molecule has 1 unspecified atom stereocenters.